The number of hydrogen-bond acceptors (Lipinski definition) is 3. The van der Waals surface area contributed by atoms with Gasteiger partial charge < -0.3 is 5.11 Å². The summed E-state index contributed by atoms with van der Waals surface area (Å²) in [5.41, 5.74) is 0.370. The molecule has 4 nitrogen and oxygen atoms in total. The predicted molar refractivity (Wildman–Crippen MR) is 78.8 cm³/mol. The van der Waals surface area contributed by atoms with Crippen molar-refractivity contribution in [2.45, 2.75) is 56.6 Å². The molecule has 1 atom stereocenters. The molecule has 1 fully saturated rings. The van der Waals surface area contributed by atoms with Crippen molar-refractivity contribution in [3.8, 4) is 0 Å². The lowest BCUT2D eigenvalue weighted by Crippen LogP contribution is -2.40. The fourth-order valence-electron chi connectivity index (χ4n) is 2.85. The molecule has 1 heterocycles. The quantitative estimate of drug-likeness (QED) is 0.929. The summed E-state index contributed by atoms with van der Waals surface area (Å²) in [4.78, 5) is -0.292. The fourth-order valence-corrected chi connectivity index (χ4v) is 4.67. The number of aliphatic hydroxyl groups is 1. The lowest BCUT2D eigenvalue weighted by molar-refractivity contribution is 0.281. The van der Waals surface area contributed by atoms with Gasteiger partial charge in [0.1, 0.15) is 10.7 Å². The second kappa shape index (κ2) is 6.85. The van der Waals surface area contributed by atoms with E-state index in [0.29, 0.717) is 12.1 Å². The Labute approximate surface area is 125 Å². The highest BCUT2D eigenvalue weighted by molar-refractivity contribution is 7.89. The molecule has 1 saturated heterocycles. The van der Waals surface area contributed by atoms with Gasteiger partial charge in [0.05, 0.1) is 6.61 Å². The molecule has 0 radical (unpaired) electrons. The number of hydrogen-bond donors (Lipinski definition) is 1. The van der Waals surface area contributed by atoms with E-state index < -0.39 is 15.8 Å². The zero-order valence-electron chi connectivity index (χ0n) is 12.3. The van der Waals surface area contributed by atoms with Crippen molar-refractivity contribution in [3.63, 3.8) is 0 Å². The Morgan fingerprint density at radius 2 is 2.10 bits per heavy atom. The van der Waals surface area contributed by atoms with Crippen LogP contribution >= 0.6 is 0 Å². The van der Waals surface area contributed by atoms with Crippen LogP contribution in [-0.4, -0.2) is 30.4 Å². The molecule has 1 unspecified atom stereocenters. The SMILES string of the molecule is CCC1CCCCCN1S(=O)(=O)c1ccc(CO)cc1F. The average molecular weight is 315 g/mol. The monoisotopic (exact) mass is 315 g/mol. The second-order valence-corrected chi connectivity index (χ2v) is 7.31. The maximum absolute atomic E-state index is 14.1. The molecule has 0 amide bonds. The Hall–Kier alpha value is -0.980. The van der Waals surface area contributed by atoms with E-state index in [4.69, 9.17) is 5.11 Å². The Balaban J connectivity index is 2.39. The van der Waals surface area contributed by atoms with Crippen LogP contribution in [0.5, 0.6) is 0 Å². The van der Waals surface area contributed by atoms with Gasteiger partial charge in [-0.05, 0) is 37.0 Å². The summed E-state index contributed by atoms with van der Waals surface area (Å²) >= 11 is 0. The first-order valence-electron chi connectivity index (χ1n) is 7.41. The van der Waals surface area contributed by atoms with Crippen LogP contribution in [0.25, 0.3) is 0 Å². The Kier molecular flexibility index (Phi) is 5.35. The van der Waals surface area contributed by atoms with Crippen LogP contribution in [-0.2, 0) is 16.6 Å². The van der Waals surface area contributed by atoms with Gasteiger partial charge in [0, 0.05) is 12.6 Å². The van der Waals surface area contributed by atoms with E-state index >= 15 is 0 Å². The Morgan fingerprint density at radius 1 is 1.33 bits per heavy atom. The molecule has 118 valence electrons. The normalized spacial score (nSPS) is 21.2. The molecule has 0 saturated carbocycles. The summed E-state index contributed by atoms with van der Waals surface area (Å²) in [5, 5.41) is 9.00. The van der Waals surface area contributed by atoms with E-state index in [1.54, 1.807) is 0 Å². The summed E-state index contributed by atoms with van der Waals surface area (Å²) < 4.78 is 41.1. The Morgan fingerprint density at radius 3 is 2.71 bits per heavy atom. The number of halogens is 1. The molecule has 0 spiro atoms. The molecular formula is C15H22FNO3S. The number of rotatable bonds is 4. The van der Waals surface area contributed by atoms with Crippen LogP contribution in [0.15, 0.2) is 23.1 Å². The number of aliphatic hydroxyl groups excluding tert-OH is 1. The molecule has 1 aromatic carbocycles. The minimum absolute atomic E-state index is 0.0607. The van der Waals surface area contributed by atoms with E-state index in [9.17, 15) is 12.8 Å². The van der Waals surface area contributed by atoms with Gasteiger partial charge in [-0.15, -0.1) is 0 Å². The lowest BCUT2D eigenvalue weighted by atomic mass is 10.1. The topological polar surface area (TPSA) is 57.6 Å². The maximum Gasteiger partial charge on any atom is 0.246 e. The predicted octanol–water partition coefficient (Wildman–Crippen LogP) is 2.66. The van der Waals surface area contributed by atoms with Gasteiger partial charge in [0.25, 0.3) is 0 Å². The summed E-state index contributed by atoms with van der Waals surface area (Å²) in [6.07, 6.45) is 4.39. The molecule has 1 N–H and O–H groups in total. The molecule has 21 heavy (non-hydrogen) atoms. The first-order valence-corrected chi connectivity index (χ1v) is 8.85. The Bertz CT molecular complexity index is 589. The third-order valence-corrected chi connectivity index (χ3v) is 6.04. The molecule has 0 aromatic heterocycles. The van der Waals surface area contributed by atoms with E-state index in [1.807, 2.05) is 6.92 Å². The fraction of sp³-hybridized carbons (Fsp3) is 0.600. The van der Waals surface area contributed by atoms with Gasteiger partial charge in [-0.3, -0.25) is 0 Å². The number of benzene rings is 1. The van der Waals surface area contributed by atoms with E-state index in [0.717, 1.165) is 38.2 Å². The highest BCUT2D eigenvalue weighted by Gasteiger charge is 2.33. The van der Waals surface area contributed by atoms with Crippen LogP contribution in [0.1, 0.15) is 44.6 Å². The second-order valence-electron chi connectivity index (χ2n) is 5.45. The highest BCUT2D eigenvalue weighted by atomic mass is 32.2. The molecule has 2 rings (SSSR count). The van der Waals surface area contributed by atoms with Crippen LogP contribution < -0.4 is 0 Å². The van der Waals surface area contributed by atoms with Gasteiger partial charge in [0.15, 0.2) is 0 Å². The summed E-state index contributed by atoms with van der Waals surface area (Å²) in [5.74, 6) is -0.791. The molecule has 6 heteroatoms. The zero-order valence-corrected chi connectivity index (χ0v) is 13.1. The zero-order chi connectivity index (χ0) is 15.5. The van der Waals surface area contributed by atoms with Crippen molar-refractivity contribution in [1.82, 2.24) is 4.31 Å². The van der Waals surface area contributed by atoms with Crippen LogP contribution in [0.3, 0.4) is 0 Å². The van der Waals surface area contributed by atoms with Gasteiger partial charge in [0.2, 0.25) is 10.0 Å². The molecule has 0 bridgehead atoms. The highest BCUT2D eigenvalue weighted by Crippen LogP contribution is 2.28. The third-order valence-electron chi connectivity index (χ3n) is 4.06. The van der Waals surface area contributed by atoms with Crippen LogP contribution in [0.2, 0.25) is 0 Å². The van der Waals surface area contributed by atoms with Gasteiger partial charge in [-0.25, -0.2) is 12.8 Å². The van der Waals surface area contributed by atoms with Crippen molar-refractivity contribution in [2.75, 3.05) is 6.54 Å². The molecule has 0 aliphatic carbocycles. The van der Waals surface area contributed by atoms with Crippen molar-refractivity contribution in [1.29, 1.82) is 0 Å². The molecule has 1 aliphatic rings. The third kappa shape index (κ3) is 3.44. The molecule has 1 aromatic rings. The van der Waals surface area contributed by atoms with Crippen molar-refractivity contribution >= 4 is 10.0 Å². The minimum atomic E-state index is -3.83. The average Bonchev–Trinajstić information content (AvgIpc) is 2.72. The summed E-state index contributed by atoms with van der Waals surface area (Å²) in [6, 6.07) is 3.74. The first-order chi connectivity index (χ1) is 10.0. The smallest absolute Gasteiger partial charge is 0.246 e. The van der Waals surface area contributed by atoms with E-state index in [2.05, 4.69) is 0 Å². The van der Waals surface area contributed by atoms with Crippen molar-refractivity contribution < 1.29 is 17.9 Å². The van der Waals surface area contributed by atoms with Crippen molar-refractivity contribution in [3.05, 3.63) is 29.6 Å². The first kappa shape index (κ1) is 16.4. The van der Waals surface area contributed by atoms with Crippen LogP contribution in [0, 0.1) is 5.82 Å². The maximum atomic E-state index is 14.1. The lowest BCUT2D eigenvalue weighted by Gasteiger charge is -2.28. The molecular weight excluding hydrogens is 293 g/mol. The van der Waals surface area contributed by atoms with Crippen LogP contribution in [0.4, 0.5) is 4.39 Å². The van der Waals surface area contributed by atoms with E-state index in [-0.39, 0.29) is 17.5 Å². The number of nitrogens with zero attached hydrogens (tertiary/aromatic N) is 1. The van der Waals surface area contributed by atoms with Gasteiger partial charge >= 0.3 is 0 Å². The summed E-state index contributed by atoms with van der Waals surface area (Å²) in [7, 11) is -3.83. The minimum Gasteiger partial charge on any atom is -0.392 e. The van der Waals surface area contributed by atoms with Crippen molar-refractivity contribution in [2.24, 2.45) is 0 Å². The van der Waals surface area contributed by atoms with Gasteiger partial charge in [-0.1, -0.05) is 25.8 Å². The van der Waals surface area contributed by atoms with Gasteiger partial charge in [-0.2, -0.15) is 4.31 Å². The largest absolute Gasteiger partial charge is 0.392 e. The standard InChI is InChI=1S/C15H22FNO3S/c1-2-13-6-4-3-5-9-17(13)21(19,20)15-8-7-12(11-18)10-14(15)16/h7-8,10,13,18H,2-6,9,11H2,1H3. The van der Waals surface area contributed by atoms with E-state index in [1.165, 1.54) is 16.4 Å². The molecule has 1 aliphatic heterocycles. The summed E-state index contributed by atoms with van der Waals surface area (Å²) in [6.45, 7) is 2.10. The number of sulfonamides is 1.